The number of fused-ring (bicyclic) bond motifs is 3. The van der Waals surface area contributed by atoms with Crippen LogP contribution in [0.4, 0.5) is 4.79 Å². The van der Waals surface area contributed by atoms with Gasteiger partial charge in [-0.3, -0.25) is 4.90 Å². The smallest absolute Gasteiger partial charge is 0.416 e. The van der Waals surface area contributed by atoms with E-state index in [0.717, 1.165) is 40.7 Å². The minimum absolute atomic E-state index is 0.374. The molecule has 0 fully saturated rings. The molecule has 40 heavy (non-hydrogen) atoms. The molecule has 2 aliphatic rings. The molecule has 1 N–H and O–H groups in total. The first-order valence-corrected chi connectivity index (χ1v) is 15.2. The van der Waals surface area contributed by atoms with Gasteiger partial charge in [0.25, 0.3) is 0 Å². The summed E-state index contributed by atoms with van der Waals surface area (Å²) in [5.74, 6) is 1.74. The first kappa shape index (κ1) is 26.6. The Morgan fingerprint density at radius 3 is 2.80 bits per heavy atom. The van der Waals surface area contributed by atoms with E-state index in [0.29, 0.717) is 41.8 Å². The number of aromatic nitrogens is 1. The topological polar surface area (TPSA) is 91.8 Å². The zero-order valence-corrected chi connectivity index (χ0v) is 24.6. The lowest BCUT2D eigenvalue weighted by Gasteiger charge is -2.35. The summed E-state index contributed by atoms with van der Waals surface area (Å²) in [4.78, 5) is 18.8. The van der Waals surface area contributed by atoms with Gasteiger partial charge in [-0.15, -0.1) is 0 Å². The van der Waals surface area contributed by atoms with Crippen LogP contribution in [0, 0.1) is 0 Å². The van der Waals surface area contributed by atoms with Gasteiger partial charge in [0.05, 0.1) is 20.3 Å². The van der Waals surface area contributed by atoms with Gasteiger partial charge in [0.15, 0.2) is 11.5 Å². The third-order valence-corrected chi connectivity index (χ3v) is 8.83. The number of nitrogens with zero attached hydrogens (tertiary/aromatic N) is 4. The molecule has 206 valence electrons. The standard InChI is InChI=1S/C29H27ClIN5O4/c1-38-26-16-19(8-11-25(26)39-15-5-13-36-31-32-18-33-36)28-27-22(23-17-20(30)9-10-24(23)34-27)12-14-35(28)29(37)40-21-6-3-2-4-7-21/h2-4,6-11,16-18,28,34H,5,12-15H2,1H3. The molecule has 9 nitrogen and oxygen atoms in total. The molecule has 4 aromatic rings. The molecule has 1 atom stereocenters. The fraction of sp³-hybridized carbons (Fsp3) is 0.241. The summed E-state index contributed by atoms with van der Waals surface area (Å²) in [5.41, 5.74) is 3.93. The Hall–Kier alpha value is -3.64. The van der Waals surface area contributed by atoms with Crippen molar-refractivity contribution in [3.63, 3.8) is 0 Å². The Morgan fingerprint density at radius 1 is 1.12 bits per heavy atom. The molecule has 6 rings (SSSR count). The molecule has 0 saturated carbocycles. The molecule has 11 heteroatoms. The zero-order chi connectivity index (χ0) is 27.5. The molecule has 0 bridgehead atoms. The molecule has 1 aromatic heterocycles. The van der Waals surface area contributed by atoms with Crippen LogP contribution in [0.3, 0.4) is 0 Å². The number of aromatic amines is 1. The van der Waals surface area contributed by atoms with Gasteiger partial charge in [-0.05, 0) is 60.0 Å². The first-order chi connectivity index (χ1) is 19.6. The van der Waals surface area contributed by atoms with Gasteiger partial charge in [-0.1, -0.05) is 35.9 Å². The summed E-state index contributed by atoms with van der Waals surface area (Å²) >= 11 is 5.97. The van der Waals surface area contributed by atoms with Crippen LogP contribution in [-0.2, 0) is 6.42 Å². The Balaban J connectivity index is 1.31. The number of hydrogen-bond acceptors (Lipinski definition) is 7. The average molecular weight is 672 g/mol. The van der Waals surface area contributed by atoms with Crippen molar-refractivity contribution in [2.75, 3.05) is 26.8 Å². The van der Waals surface area contributed by atoms with Crippen LogP contribution in [0.2, 0.25) is 5.02 Å². The maximum Gasteiger partial charge on any atom is 0.416 e. The summed E-state index contributed by atoms with van der Waals surface area (Å²) in [6.45, 7) is 1.82. The summed E-state index contributed by atoms with van der Waals surface area (Å²) < 4.78 is 23.8. The van der Waals surface area contributed by atoms with Crippen molar-refractivity contribution < 1.29 is 19.0 Å². The summed E-state index contributed by atoms with van der Waals surface area (Å²) in [6, 6.07) is 20.3. The van der Waals surface area contributed by atoms with Gasteiger partial charge in [0, 0.05) is 34.6 Å². The predicted molar refractivity (Wildman–Crippen MR) is 163 cm³/mol. The van der Waals surface area contributed by atoms with E-state index >= 15 is 0 Å². The third kappa shape index (κ3) is 5.50. The van der Waals surface area contributed by atoms with Crippen molar-refractivity contribution in [2.24, 2.45) is 8.25 Å². The lowest BCUT2D eigenvalue weighted by Crippen LogP contribution is -2.42. The van der Waals surface area contributed by atoms with Crippen molar-refractivity contribution in [2.45, 2.75) is 18.9 Å². The SMILES string of the molecule is COc1cc(C2c3[nH]c4ccc(Cl)cc4c3CCN2C(=O)Oc2ccccc2)ccc1OCCCN1N=CN=I1. The van der Waals surface area contributed by atoms with E-state index in [4.69, 9.17) is 25.8 Å². The monoisotopic (exact) mass is 671 g/mol. The lowest BCUT2D eigenvalue weighted by molar-refractivity contribution is 0.135. The normalized spacial score (nSPS) is 16.1. The number of benzene rings is 3. The van der Waals surface area contributed by atoms with E-state index in [-0.39, 0.29) is 21.3 Å². The number of nitrogens with one attached hydrogen (secondary N) is 1. The van der Waals surface area contributed by atoms with E-state index < -0.39 is 12.1 Å². The number of ether oxygens (including phenoxy) is 3. The summed E-state index contributed by atoms with van der Waals surface area (Å²) in [5, 5.41) is 5.96. The van der Waals surface area contributed by atoms with Gasteiger partial charge in [-0.2, -0.15) is 8.25 Å². The second-order valence-electron chi connectivity index (χ2n) is 9.31. The van der Waals surface area contributed by atoms with Crippen molar-refractivity contribution >= 4 is 56.2 Å². The number of para-hydroxylation sites is 1. The fourth-order valence-electron chi connectivity index (χ4n) is 5.06. The maximum absolute atomic E-state index is 13.5. The predicted octanol–water partition coefficient (Wildman–Crippen LogP) is 7.07. The van der Waals surface area contributed by atoms with Crippen LogP contribution in [0.25, 0.3) is 10.9 Å². The molecule has 1 unspecified atom stereocenters. The maximum atomic E-state index is 13.5. The Morgan fingerprint density at radius 2 is 2.00 bits per heavy atom. The van der Waals surface area contributed by atoms with Gasteiger partial charge in [0.1, 0.15) is 39.4 Å². The molecule has 0 aliphatic carbocycles. The molecular weight excluding hydrogens is 645 g/mol. The quantitative estimate of drug-likeness (QED) is 0.123. The average Bonchev–Trinajstić information content (AvgIpc) is 3.63. The number of hydrazone groups is 1. The van der Waals surface area contributed by atoms with Crippen molar-refractivity contribution in [1.29, 1.82) is 0 Å². The largest absolute Gasteiger partial charge is 0.493 e. The highest BCUT2D eigenvalue weighted by Crippen LogP contribution is 2.42. The van der Waals surface area contributed by atoms with Crippen LogP contribution in [-0.4, -0.2) is 52.3 Å². The number of hydrogen-bond donors (Lipinski definition) is 1. The van der Waals surface area contributed by atoms with Crippen LogP contribution in [0.5, 0.6) is 17.2 Å². The number of H-pyrrole nitrogens is 1. The third-order valence-electron chi connectivity index (χ3n) is 6.87. The Labute approximate surface area is 247 Å². The van der Waals surface area contributed by atoms with Crippen LogP contribution in [0.15, 0.2) is 75.0 Å². The highest BCUT2D eigenvalue weighted by atomic mass is 127. The van der Waals surface area contributed by atoms with E-state index in [2.05, 4.69) is 13.2 Å². The number of rotatable bonds is 8. The number of halogens is 2. The van der Waals surface area contributed by atoms with Gasteiger partial charge < -0.3 is 19.2 Å². The highest BCUT2D eigenvalue weighted by molar-refractivity contribution is 14.1. The van der Waals surface area contributed by atoms with Crippen LogP contribution >= 0.6 is 32.9 Å². The van der Waals surface area contributed by atoms with Crippen molar-refractivity contribution in [1.82, 2.24) is 13.1 Å². The molecule has 0 spiro atoms. The van der Waals surface area contributed by atoms with E-state index in [1.165, 1.54) is 0 Å². The summed E-state index contributed by atoms with van der Waals surface area (Å²) in [7, 11) is 1.62. The Kier molecular flexibility index (Phi) is 7.87. The minimum Gasteiger partial charge on any atom is -0.493 e. The molecular formula is C29H27ClIN5O4. The van der Waals surface area contributed by atoms with Gasteiger partial charge in [-0.25, -0.2) is 8.02 Å². The lowest BCUT2D eigenvalue weighted by atomic mass is 9.92. The number of carbonyl (C=O) groups excluding carboxylic acids is 1. The number of amides is 1. The van der Waals surface area contributed by atoms with E-state index in [1.807, 2.05) is 57.8 Å². The molecule has 1 amide bonds. The van der Waals surface area contributed by atoms with Crippen LogP contribution in [0.1, 0.15) is 29.3 Å². The fourth-order valence-corrected chi connectivity index (χ4v) is 6.53. The van der Waals surface area contributed by atoms with Gasteiger partial charge in [0.2, 0.25) is 0 Å². The van der Waals surface area contributed by atoms with Crippen LogP contribution < -0.4 is 14.2 Å². The number of methoxy groups -OCH3 is 1. The van der Waals surface area contributed by atoms with E-state index in [9.17, 15) is 4.79 Å². The molecule has 2 aliphatic heterocycles. The van der Waals surface area contributed by atoms with Gasteiger partial charge >= 0.3 is 6.09 Å². The first-order valence-electron chi connectivity index (χ1n) is 12.9. The summed E-state index contributed by atoms with van der Waals surface area (Å²) in [6.07, 6.45) is 2.69. The molecule has 3 heterocycles. The molecule has 3 aromatic carbocycles. The highest BCUT2D eigenvalue weighted by Gasteiger charge is 2.36. The zero-order valence-electron chi connectivity index (χ0n) is 21.7. The number of carbonyl (C=O) groups is 1. The van der Waals surface area contributed by atoms with E-state index in [1.54, 1.807) is 30.5 Å². The van der Waals surface area contributed by atoms with Crippen molar-refractivity contribution in [3.8, 4) is 17.2 Å². The minimum atomic E-state index is -0.421. The molecule has 0 saturated heterocycles. The second kappa shape index (κ2) is 11.8. The van der Waals surface area contributed by atoms with Crippen molar-refractivity contribution in [3.05, 3.63) is 88.6 Å². The Bertz CT molecular complexity index is 1580. The molecule has 0 radical (unpaired) electrons. The second-order valence-corrected chi connectivity index (χ2v) is 11.8.